The van der Waals surface area contributed by atoms with E-state index < -0.39 is 0 Å². The van der Waals surface area contributed by atoms with Crippen molar-refractivity contribution in [1.29, 1.82) is 0 Å². The molecule has 3 nitrogen and oxygen atoms in total. The third-order valence-corrected chi connectivity index (χ3v) is 4.06. The van der Waals surface area contributed by atoms with E-state index in [1.54, 1.807) is 13.2 Å². The highest BCUT2D eigenvalue weighted by Crippen LogP contribution is 2.30. The molecule has 0 saturated carbocycles. The van der Waals surface area contributed by atoms with Gasteiger partial charge in [-0.3, -0.25) is 0 Å². The van der Waals surface area contributed by atoms with Gasteiger partial charge in [0.15, 0.2) is 0 Å². The molecule has 0 bridgehead atoms. The molecule has 2 aromatic rings. The zero-order valence-electron chi connectivity index (χ0n) is 14.4. The van der Waals surface area contributed by atoms with Gasteiger partial charge in [0.25, 0.3) is 0 Å². The molecule has 130 valence electrons. The van der Waals surface area contributed by atoms with Gasteiger partial charge >= 0.3 is 0 Å². The van der Waals surface area contributed by atoms with E-state index in [1.807, 2.05) is 24.3 Å². The zero-order chi connectivity index (χ0) is 17.4. The first-order chi connectivity index (χ1) is 11.7. The summed E-state index contributed by atoms with van der Waals surface area (Å²) in [5.74, 6) is 1.24. The Morgan fingerprint density at radius 3 is 2.71 bits per heavy atom. The van der Waals surface area contributed by atoms with Crippen LogP contribution in [0.4, 0.5) is 4.39 Å². The summed E-state index contributed by atoms with van der Waals surface area (Å²) in [4.78, 5) is 0. The molecule has 0 aliphatic rings. The average molecular weight is 331 g/mol. The van der Waals surface area contributed by atoms with Gasteiger partial charge in [0.1, 0.15) is 17.3 Å². The Hall–Kier alpha value is -2.07. The second kappa shape index (κ2) is 9.28. The number of methoxy groups -OCH3 is 1. The van der Waals surface area contributed by atoms with Crippen molar-refractivity contribution >= 4 is 0 Å². The largest absolute Gasteiger partial charge is 0.496 e. The van der Waals surface area contributed by atoms with Crippen LogP contribution in [0.25, 0.3) is 0 Å². The monoisotopic (exact) mass is 331 g/mol. The second-order valence-corrected chi connectivity index (χ2v) is 5.87. The third kappa shape index (κ3) is 4.96. The molecule has 1 unspecified atom stereocenters. The molecule has 1 atom stereocenters. The fraction of sp³-hybridized carbons (Fsp3) is 0.400. The van der Waals surface area contributed by atoms with Gasteiger partial charge in [-0.25, -0.2) is 4.39 Å². The van der Waals surface area contributed by atoms with Crippen LogP contribution in [-0.4, -0.2) is 20.3 Å². The summed E-state index contributed by atoms with van der Waals surface area (Å²) in [7, 11) is 1.59. The Morgan fingerprint density at radius 2 is 2.00 bits per heavy atom. The zero-order valence-corrected chi connectivity index (χ0v) is 14.4. The first-order valence-electron chi connectivity index (χ1n) is 8.43. The number of hydrogen-bond donors (Lipinski definition) is 1. The fourth-order valence-electron chi connectivity index (χ4n) is 2.73. The first kappa shape index (κ1) is 18.3. The highest BCUT2D eigenvalue weighted by atomic mass is 19.1. The molecule has 0 spiro atoms. The summed E-state index contributed by atoms with van der Waals surface area (Å²) in [5.41, 5.74) is 7.87. The van der Waals surface area contributed by atoms with Gasteiger partial charge in [-0.05, 0) is 55.3 Å². The summed E-state index contributed by atoms with van der Waals surface area (Å²) < 4.78 is 24.8. The predicted octanol–water partition coefficient (Wildman–Crippen LogP) is 4.30. The lowest BCUT2D eigenvalue weighted by molar-refractivity contribution is 0.309. The normalized spacial score (nSPS) is 12.0. The number of rotatable bonds is 9. The van der Waals surface area contributed by atoms with Crippen molar-refractivity contribution in [2.45, 2.75) is 32.1 Å². The van der Waals surface area contributed by atoms with E-state index in [0.29, 0.717) is 18.7 Å². The second-order valence-electron chi connectivity index (χ2n) is 5.87. The molecule has 0 saturated heterocycles. The summed E-state index contributed by atoms with van der Waals surface area (Å²) >= 11 is 0. The molecule has 0 fully saturated rings. The number of benzene rings is 2. The van der Waals surface area contributed by atoms with Crippen LogP contribution in [-0.2, 0) is 6.42 Å². The lowest BCUT2D eigenvalue weighted by Crippen LogP contribution is -2.16. The summed E-state index contributed by atoms with van der Waals surface area (Å²) in [6, 6.07) is 12.6. The van der Waals surface area contributed by atoms with Crippen molar-refractivity contribution in [1.82, 2.24) is 0 Å². The fourth-order valence-corrected chi connectivity index (χ4v) is 2.73. The minimum absolute atomic E-state index is 0.0125. The Bertz CT molecular complexity index is 645. The van der Waals surface area contributed by atoms with Gasteiger partial charge in [0.05, 0.1) is 13.7 Å². The Morgan fingerprint density at radius 1 is 1.17 bits per heavy atom. The average Bonchev–Trinajstić information content (AvgIpc) is 2.60. The van der Waals surface area contributed by atoms with E-state index in [-0.39, 0.29) is 11.7 Å². The minimum Gasteiger partial charge on any atom is -0.496 e. The molecule has 0 heterocycles. The van der Waals surface area contributed by atoms with Crippen molar-refractivity contribution < 1.29 is 13.9 Å². The van der Waals surface area contributed by atoms with Crippen LogP contribution in [0.1, 0.15) is 36.8 Å². The summed E-state index contributed by atoms with van der Waals surface area (Å²) in [6.07, 6.45) is 2.85. The molecular formula is C20H26FNO2. The maximum Gasteiger partial charge on any atom is 0.123 e. The van der Waals surface area contributed by atoms with E-state index in [2.05, 4.69) is 6.92 Å². The number of hydrogen-bond acceptors (Lipinski definition) is 3. The van der Waals surface area contributed by atoms with Crippen molar-refractivity contribution in [2.75, 3.05) is 20.3 Å². The van der Waals surface area contributed by atoms with E-state index in [1.165, 1.54) is 12.1 Å². The summed E-state index contributed by atoms with van der Waals surface area (Å²) in [6.45, 7) is 3.27. The molecule has 0 radical (unpaired) electrons. The van der Waals surface area contributed by atoms with Crippen molar-refractivity contribution in [3.05, 3.63) is 59.4 Å². The van der Waals surface area contributed by atoms with Gasteiger partial charge in [0, 0.05) is 11.5 Å². The van der Waals surface area contributed by atoms with Crippen molar-refractivity contribution in [3.63, 3.8) is 0 Å². The smallest absolute Gasteiger partial charge is 0.123 e. The number of halogens is 1. The predicted molar refractivity (Wildman–Crippen MR) is 95.3 cm³/mol. The number of ether oxygens (including phenoxy) is 2. The first-order valence-corrected chi connectivity index (χ1v) is 8.43. The van der Waals surface area contributed by atoms with Gasteiger partial charge in [-0.2, -0.15) is 0 Å². The Balaban J connectivity index is 2.16. The molecule has 0 aliphatic heterocycles. The van der Waals surface area contributed by atoms with Crippen LogP contribution < -0.4 is 15.2 Å². The maximum atomic E-state index is 13.6. The van der Waals surface area contributed by atoms with Gasteiger partial charge in [-0.1, -0.05) is 25.5 Å². The highest BCUT2D eigenvalue weighted by Gasteiger charge is 2.17. The number of unbranched alkanes of at least 4 members (excludes halogenated alkanes) is 1. The van der Waals surface area contributed by atoms with Crippen molar-refractivity contribution in [3.8, 4) is 11.5 Å². The van der Waals surface area contributed by atoms with Crippen LogP contribution in [0.3, 0.4) is 0 Å². The van der Waals surface area contributed by atoms with E-state index in [9.17, 15) is 4.39 Å². The third-order valence-electron chi connectivity index (χ3n) is 4.06. The standard InChI is InChI=1S/C20H26FNO2/c1-3-4-10-24-18-7-5-6-15(12-18)11-16(14-22)19-13-17(21)8-9-20(19)23-2/h5-9,12-13,16H,3-4,10-11,14,22H2,1-2H3. The molecule has 0 amide bonds. The minimum atomic E-state index is -0.277. The topological polar surface area (TPSA) is 44.5 Å². The Kier molecular flexibility index (Phi) is 7.07. The van der Waals surface area contributed by atoms with E-state index in [4.69, 9.17) is 15.2 Å². The molecule has 4 heteroatoms. The van der Waals surface area contributed by atoms with Crippen LogP contribution in [0, 0.1) is 5.82 Å². The van der Waals surface area contributed by atoms with E-state index in [0.717, 1.165) is 36.3 Å². The molecule has 2 aromatic carbocycles. The quantitative estimate of drug-likeness (QED) is 0.697. The molecule has 2 rings (SSSR count). The molecule has 24 heavy (non-hydrogen) atoms. The Labute approximate surface area is 143 Å². The molecular weight excluding hydrogens is 305 g/mol. The molecule has 2 N–H and O–H groups in total. The van der Waals surface area contributed by atoms with E-state index >= 15 is 0 Å². The number of nitrogens with two attached hydrogens (primary N) is 1. The van der Waals surface area contributed by atoms with Gasteiger partial charge < -0.3 is 15.2 Å². The highest BCUT2D eigenvalue weighted by molar-refractivity contribution is 5.39. The lowest BCUT2D eigenvalue weighted by atomic mass is 9.91. The molecule has 0 aromatic heterocycles. The van der Waals surface area contributed by atoms with Crippen molar-refractivity contribution in [2.24, 2.45) is 5.73 Å². The van der Waals surface area contributed by atoms with Crippen LogP contribution in [0.2, 0.25) is 0 Å². The van der Waals surface area contributed by atoms with Gasteiger partial charge in [0.2, 0.25) is 0 Å². The van der Waals surface area contributed by atoms with Crippen LogP contribution >= 0.6 is 0 Å². The summed E-state index contributed by atoms with van der Waals surface area (Å²) in [5, 5.41) is 0. The van der Waals surface area contributed by atoms with Crippen LogP contribution in [0.15, 0.2) is 42.5 Å². The maximum absolute atomic E-state index is 13.6. The molecule has 0 aliphatic carbocycles. The van der Waals surface area contributed by atoms with Crippen LogP contribution in [0.5, 0.6) is 11.5 Å². The van der Waals surface area contributed by atoms with Gasteiger partial charge in [-0.15, -0.1) is 0 Å². The lowest BCUT2D eigenvalue weighted by Gasteiger charge is -2.19. The SMILES string of the molecule is CCCCOc1cccc(CC(CN)c2cc(F)ccc2OC)c1.